The van der Waals surface area contributed by atoms with Gasteiger partial charge < -0.3 is 34.1 Å². The molecule has 2 saturated carbocycles. The first-order valence-corrected chi connectivity index (χ1v) is 19.4. The summed E-state index contributed by atoms with van der Waals surface area (Å²) in [5, 5.41) is 22.7. The number of anilines is 1. The summed E-state index contributed by atoms with van der Waals surface area (Å²) in [7, 11) is 3.21. The van der Waals surface area contributed by atoms with Crippen molar-refractivity contribution in [1.29, 1.82) is 0 Å². The molecule has 0 radical (unpaired) electrons. The number of benzene rings is 2. The topological polar surface area (TPSA) is 123 Å². The van der Waals surface area contributed by atoms with Crippen LogP contribution in [0.25, 0.3) is 32.9 Å². The second-order valence-electron chi connectivity index (χ2n) is 16.0. The normalized spacial score (nSPS) is 27.5. The van der Waals surface area contributed by atoms with E-state index in [1.807, 2.05) is 4.90 Å². The predicted molar refractivity (Wildman–Crippen MR) is 205 cm³/mol. The molecule has 2 aromatic carbocycles. The number of rotatable bonds is 8. The molecular formula is C42H49F2N5O6. The molecule has 292 valence electrons. The van der Waals surface area contributed by atoms with Crippen molar-refractivity contribution >= 4 is 27.5 Å². The number of ether oxygens (including phenoxy) is 4. The summed E-state index contributed by atoms with van der Waals surface area (Å²) in [5.74, 6) is 0.951. The standard InChI is InChI=1S/C42H49F2N5O6/c1-5-29-31(43)14-9-25-20-27(50)21-30(33(25)29)36-35(44)37-34(39(45-36)53-4)38(48-18-19-54-23-41(2,51)22-48)47-40(46-37)55-24-42-15-6-8-32(42)49(17-7-16-42)26-10-12-28(52-3)13-11-26/h1,9,14,20-21,26,28,32,50-51H,6-8,10-13,15-19,22-24H2,2-4H3/t26?,28?,32-,41+,42-/m1/s1. The first-order valence-electron chi connectivity index (χ1n) is 19.4. The van der Waals surface area contributed by atoms with Gasteiger partial charge in [-0.25, -0.2) is 13.8 Å². The van der Waals surface area contributed by atoms with Gasteiger partial charge in [0.2, 0.25) is 5.88 Å². The average Bonchev–Trinajstić information content (AvgIpc) is 3.54. The predicted octanol–water partition coefficient (Wildman–Crippen LogP) is 6.38. The first-order chi connectivity index (χ1) is 26.5. The number of aliphatic hydroxyl groups is 1. The summed E-state index contributed by atoms with van der Waals surface area (Å²) >= 11 is 0. The number of piperidine rings is 1. The number of phenolic OH excluding ortho intramolecular Hbond substituents is 1. The molecule has 0 spiro atoms. The van der Waals surface area contributed by atoms with Crippen LogP contribution in [0.2, 0.25) is 0 Å². The van der Waals surface area contributed by atoms with Crippen LogP contribution in [0.4, 0.5) is 14.6 Å². The van der Waals surface area contributed by atoms with E-state index in [1.165, 1.54) is 31.4 Å². The molecule has 3 atom stereocenters. The van der Waals surface area contributed by atoms with Crippen LogP contribution >= 0.6 is 0 Å². The zero-order valence-electron chi connectivity index (χ0n) is 31.7. The highest BCUT2D eigenvalue weighted by Crippen LogP contribution is 2.50. The lowest BCUT2D eigenvalue weighted by atomic mass is 9.74. The third kappa shape index (κ3) is 6.92. The second kappa shape index (κ2) is 15.0. The van der Waals surface area contributed by atoms with Crippen molar-refractivity contribution in [2.24, 2.45) is 5.41 Å². The minimum atomic E-state index is -1.24. The van der Waals surface area contributed by atoms with Crippen LogP contribution in [0.3, 0.4) is 0 Å². The molecule has 2 N–H and O–H groups in total. The summed E-state index contributed by atoms with van der Waals surface area (Å²) in [5.41, 5.74) is -1.75. The van der Waals surface area contributed by atoms with Crippen LogP contribution in [0.15, 0.2) is 24.3 Å². The number of phenols is 1. The molecule has 4 aromatic rings. The molecule has 2 aliphatic heterocycles. The van der Waals surface area contributed by atoms with Crippen molar-refractivity contribution in [2.75, 3.05) is 58.6 Å². The number of fused-ring (bicyclic) bond motifs is 3. The van der Waals surface area contributed by atoms with Crippen LogP contribution in [0.5, 0.6) is 17.6 Å². The van der Waals surface area contributed by atoms with Gasteiger partial charge in [-0.3, -0.25) is 4.90 Å². The van der Waals surface area contributed by atoms with Crippen LogP contribution in [-0.4, -0.2) is 108 Å². The van der Waals surface area contributed by atoms with Gasteiger partial charge in [0, 0.05) is 42.1 Å². The Labute approximate surface area is 320 Å². The molecule has 8 rings (SSSR count). The van der Waals surface area contributed by atoms with Crippen molar-refractivity contribution in [3.8, 4) is 41.2 Å². The molecule has 0 bridgehead atoms. The van der Waals surface area contributed by atoms with E-state index in [4.69, 9.17) is 35.3 Å². The van der Waals surface area contributed by atoms with Crippen molar-refractivity contribution in [3.05, 3.63) is 41.5 Å². The third-order valence-corrected chi connectivity index (χ3v) is 12.4. The van der Waals surface area contributed by atoms with Crippen LogP contribution in [0.1, 0.15) is 70.3 Å². The quantitative estimate of drug-likeness (QED) is 0.195. The zero-order valence-corrected chi connectivity index (χ0v) is 31.7. The summed E-state index contributed by atoms with van der Waals surface area (Å²) in [6, 6.07) is 6.27. The highest BCUT2D eigenvalue weighted by molar-refractivity contribution is 6.04. The van der Waals surface area contributed by atoms with Crippen molar-refractivity contribution in [3.63, 3.8) is 0 Å². The van der Waals surface area contributed by atoms with Crippen LogP contribution < -0.4 is 14.4 Å². The van der Waals surface area contributed by atoms with E-state index < -0.39 is 17.2 Å². The van der Waals surface area contributed by atoms with Crippen molar-refractivity contribution in [2.45, 2.75) is 88.5 Å². The zero-order chi connectivity index (χ0) is 38.5. The van der Waals surface area contributed by atoms with Gasteiger partial charge in [0.25, 0.3) is 0 Å². The molecule has 2 aromatic heterocycles. The Morgan fingerprint density at radius 1 is 1.02 bits per heavy atom. The Balaban J connectivity index is 1.24. The van der Waals surface area contributed by atoms with Gasteiger partial charge in [0.15, 0.2) is 5.82 Å². The van der Waals surface area contributed by atoms with Gasteiger partial charge in [0.1, 0.15) is 39.6 Å². The van der Waals surface area contributed by atoms with Gasteiger partial charge in [-0.05, 0) is 88.4 Å². The maximum absolute atomic E-state index is 17.3. The summed E-state index contributed by atoms with van der Waals surface area (Å²) in [6.07, 6.45) is 15.8. The minimum Gasteiger partial charge on any atom is -0.508 e. The van der Waals surface area contributed by atoms with E-state index in [9.17, 15) is 10.2 Å². The maximum atomic E-state index is 17.3. The Bertz CT molecular complexity index is 2140. The number of halogens is 2. The van der Waals surface area contributed by atoms with Crippen molar-refractivity contribution < 1.29 is 37.9 Å². The molecule has 55 heavy (non-hydrogen) atoms. The molecular weight excluding hydrogens is 708 g/mol. The van der Waals surface area contributed by atoms with Gasteiger partial charge in [-0.15, -0.1) is 6.42 Å². The molecule has 2 saturated heterocycles. The Morgan fingerprint density at radius 2 is 1.82 bits per heavy atom. The van der Waals surface area contributed by atoms with E-state index in [1.54, 1.807) is 14.0 Å². The summed E-state index contributed by atoms with van der Waals surface area (Å²) in [6.45, 7) is 3.96. The highest BCUT2D eigenvalue weighted by atomic mass is 19.1. The number of aromatic hydroxyl groups is 1. The van der Waals surface area contributed by atoms with Crippen LogP contribution in [-0.2, 0) is 9.47 Å². The molecule has 11 nitrogen and oxygen atoms in total. The second-order valence-corrected chi connectivity index (χ2v) is 16.0. The lowest BCUT2D eigenvalue weighted by Crippen LogP contribution is -2.56. The van der Waals surface area contributed by atoms with E-state index in [0.29, 0.717) is 36.7 Å². The fraction of sp³-hybridized carbons (Fsp3) is 0.548. The van der Waals surface area contributed by atoms with E-state index in [-0.39, 0.29) is 81.7 Å². The number of pyridine rings is 1. The fourth-order valence-electron chi connectivity index (χ4n) is 9.86. The number of hydrogen-bond donors (Lipinski definition) is 2. The Kier molecular flexibility index (Phi) is 10.2. The SMILES string of the molecule is C#Cc1c(F)ccc2cc(O)cc(-c3nc(OC)c4c(N5CCOC[C@@](C)(O)C5)nc(OC[C@]56CCC[C@H]5N(C5CCC(OC)CC5)CCC6)nc4c3F)c12. The van der Waals surface area contributed by atoms with Crippen molar-refractivity contribution in [1.82, 2.24) is 19.9 Å². The van der Waals surface area contributed by atoms with Gasteiger partial charge in [-0.1, -0.05) is 18.4 Å². The molecule has 13 heteroatoms. The molecule has 4 aliphatic rings. The van der Waals surface area contributed by atoms with Gasteiger partial charge in [0.05, 0.1) is 45.1 Å². The maximum Gasteiger partial charge on any atom is 0.319 e. The average molecular weight is 758 g/mol. The fourth-order valence-corrected chi connectivity index (χ4v) is 9.86. The number of terminal acetylenes is 1. The summed E-state index contributed by atoms with van der Waals surface area (Å²) in [4.78, 5) is 18.8. The lowest BCUT2D eigenvalue weighted by molar-refractivity contribution is -0.0429. The number of β-amino-alcohol motifs (C(OH)–C–C–N with tert-alkyl or cyclic N) is 1. The Morgan fingerprint density at radius 3 is 2.58 bits per heavy atom. The monoisotopic (exact) mass is 757 g/mol. The third-order valence-electron chi connectivity index (χ3n) is 12.4. The molecule has 4 fully saturated rings. The highest BCUT2D eigenvalue weighted by Gasteiger charge is 2.50. The molecule has 4 heterocycles. The van der Waals surface area contributed by atoms with E-state index >= 15 is 8.78 Å². The minimum absolute atomic E-state index is 0.00604. The number of aromatic nitrogens is 3. The number of likely N-dealkylation sites (tertiary alicyclic amines) is 1. The van der Waals surface area contributed by atoms with E-state index in [2.05, 4.69) is 15.8 Å². The van der Waals surface area contributed by atoms with Gasteiger partial charge >= 0.3 is 6.01 Å². The Hall–Kier alpha value is -4.35. The van der Waals surface area contributed by atoms with Gasteiger partial charge in [-0.2, -0.15) is 9.97 Å². The number of hydrogen-bond acceptors (Lipinski definition) is 11. The number of methoxy groups -OCH3 is 2. The lowest BCUT2D eigenvalue weighted by Gasteiger charge is -2.50. The van der Waals surface area contributed by atoms with E-state index in [0.717, 1.165) is 64.3 Å². The largest absolute Gasteiger partial charge is 0.508 e. The first kappa shape index (κ1) is 37.6. The molecule has 2 aliphatic carbocycles. The molecule has 0 unspecified atom stereocenters. The molecule has 0 amide bonds. The smallest absolute Gasteiger partial charge is 0.319 e. The summed E-state index contributed by atoms with van der Waals surface area (Å²) < 4.78 is 56.3. The number of nitrogens with zero attached hydrogens (tertiary/aromatic N) is 5. The van der Waals surface area contributed by atoms with Crippen LogP contribution in [0, 0.1) is 29.4 Å².